The molecule has 1 aromatic carbocycles. The monoisotopic (exact) mass is 444 g/mol. The Hall–Kier alpha value is -2.33. The van der Waals surface area contributed by atoms with Gasteiger partial charge in [-0.15, -0.1) is 11.6 Å². The Kier molecular flexibility index (Phi) is 6.96. The minimum Gasteiger partial charge on any atom is -0.474 e. The fourth-order valence-corrected chi connectivity index (χ4v) is 3.56. The first-order chi connectivity index (χ1) is 13.9. The van der Waals surface area contributed by atoms with Crippen LogP contribution in [0.5, 0.6) is 0 Å². The first kappa shape index (κ1) is 21.4. The summed E-state index contributed by atoms with van der Waals surface area (Å²) < 4.78 is 24.9. The van der Waals surface area contributed by atoms with Gasteiger partial charge < -0.3 is 24.6 Å². The molecule has 158 valence electrons. The zero-order valence-electron chi connectivity index (χ0n) is 15.9. The van der Waals surface area contributed by atoms with Crippen LogP contribution in [-0.4, -0.2) is 80.4 Å². The number of hydrogen-bond acceptors (Lipinski definition) is 6. The lowest BCUT2D eigenvalue weighted by atomic mass is 10.2. The average molecular weight is 445 g/mol. The maximum absolute atomic E-state index is 14.8. The lowest BCUT2D eigenvalue weighted by Gasteiger charge is -2.36. The average Bonchev–Trinajstić information content (AvgIpc) is 3.12. The number of carbonyl (C=O) groups is 2. The van der Waals surface area contributed by atoms with Crippen LogP contribution >= 0.6 is 23.8 Å². The van der Waals surface area contributed by atoms with Crippen molar-refractivity contribution in [1.29, 1.82) is 0 Å². The number of cyclic esters (lactones) is 1. The number of nitrogens with one attached hydrogen (secondary N) is 1. The minimum absolute atomic E-state index is 0.0528. The van der Waals surface area contributed by atoms with E-state index in [4.69, 9.17) is 33.3 Å². The molecule has 2 fully saturated rings. The number of methoxy groups -OCH3 is 1. The maximum atomic E-state index is 14.8. The number of benzene rings is 1. The number of rotatable bonds is 5. The van der Waals surface area contributed by atoms with Crippen molar-refractivity contribution in [2.75, 3.05) is 62.1 Å². The SMILES string of the molecule is COC(=S)NC[C@H]1CN(c2ccc(N3CCN(C(=O)CCl)CC3)c(F)c2)C(=O)O1. The number of hydrogen-bond donors (Lipinski definition) is 1. The molecule has 0 bridgehead atoms. The molecule has 0 unspecified atom stereocenters. The third-order valence-electron chi connectivity index (χ3n) is 4.86. The summed E-state index contributed by atoms with van der Waals surface area (Å²) in [5, 5.41) is 3.05. The Morgan fingerprint density at radius 3 is 2.72 bits per heavy atom. The summed E-state index contributed by atoms with van der Waals surface area (Å²) in [4.78, 5) is 28.7. The fourth-order valence-electron chi connectivity index (χ4n) is 3.31. The predicted molar refractivity (Wildman–Crippen MR) is 111 cm³/mol. The Morgan fingerprint density at radius 1 is 1.38 bits per heavy atom. The molecule has 0 aliphatic carbocycles. The number of ether oxygens (including phenoxy) is 2. The molecule has 0 aromatic heterocycles. The molecule has 2 amide bonds. The summed E-state index contributed by atoms with van der Waals surface area (Å²) >= 11 is 10.5. The van der Waals surface area contributed by atoms with Gasteiger partial charge in [-0.25, -0.2) is 9.18 Å². The van der Waals surface area contributed by atoms with E-state index in [1.54, 1.807) is 17.0 Å². The highest BCUT2D eigenvalue weighted by Gasteiger charge is 2.33. The number of piperazine rings is 1. The van der Waals surface area contributed by atoms with Gasteiger partial charge in [-0.3, -0.25) is 9.69 Å². The summed E-state index contributed by atoms with van der Waals surface area (Å²) in [6.07, 6.45) is -0.966. The van der Waals surface area contributed by atoms with Crippen molar-refractivity contribution in [3.63, 3.8) is 0 Å². The van der Waals surface area contributed by atoms with E-state index in [-0.39, 0.29) is 23.5 Å². The normalized spacial score (nSPS) is 19.2. The van der Waals surface area contributed by atoms with Gasteiger partial charge in [0.25, 0.3) is 5.17 Å². The van der Waals surface area contributed by atoms with Crippen molar-refractivity contribution >= 4 is 52.4 Å². The minimum atomic E-state index is -0.541. The first-order valence-corrected chi connectivity index (χ1v) is 10.1. The maximum Gasteiger partial charge on any atom is 0.414 e. The molecule has 3 rings (SSSR count). The van der Waals surface area contributed by atoms with E-state index in [2.05, 4.69) is 5.32 Å². The number of nitrogens with zero attached hydrogens (tertiary/aromatic N) is 3. The molecule has 2 heterocycles. The zero-order chi connectivity index (χ0) is 21.0. The van der Waals surface area contributed by atoms with Gasteiger partial charge in [-0.05, 0) is 30.4 Å². The second-order valence-corrected chi connectivity index (χ2v) is 7.26. The van der Waals surface area contributed by atoms with Crippen LogP contribution in [0.25, 0.3) is 0 Å². The van der Waals surface area contributed by atoms with E-state index < -0.39 is 18.0 Å². The highest BCUT2D eigenvalue weighted by atomic mass is 35.5. The number of thiocarbonyl (C=S) groups is 1. The topological polar surface area (TPSA) is 74.4 Å². The van der Waals surface area contributed by atoms with Gasteiger partial charge in [0.05, 0.1) is 31.6 Å². The summed E-state index contributed by atoms with van der Waals surface area (Å²) in [5.41, 5.74) is 0.854. The summed E-state index contributed by atoms with van der Waals surface area (Å²) in [6, 6.07) is 4.65. The van der Waals surface area contributed by atoms with Gasteiger partial charge in [0.15, 0.2) is 0 Å². The Labute approximate surface area is 178 Å². The predicted octanol–water partition coefficient (Wildman–Crippen LogP) is 1.56. The molecule has 11 heteroatoms. The third-order valence-corrected chi connectivity index (χ3v) is 5.40. The summed E-state index contributed by atoms with van der Waals surface area (Å²) in [5.74, 6) is -0.609. The Bertz CT molecular complexity index is 791. The molecule has 1 atom stereocenters. The van der Waals surface area contributed by atoms with Crippen LogP contribution in [0.1, 0.15) is 0 Å². The van der Waals surface area contributed by atoms with E-state index in [1.807, 2.05) is 4.90 Å². The molecule has 8 nitrogen and oxygen atoms in total. The van der Waals surface area contributed by atoms with Crippen molar-refractivity contribution in [1.82, 2.24) is 10.2 Å². The summed E-state index contributed by atoms with van der Waals surface area (Å²) in [7, 11) is 1.45. The van der Waals surface area contributed by atoms with Crippen molar-refractivity contribution in [3.8, 4) is 0 Å². The van der Waals surface area contributed by atoms with Crippen LogP contribution in [0, 0.1) is 5.82 Å². The van der Waals surface area contributed by atoms with Gasteiger partial charge in [0, 0.05) is 26.2 Å². The van der Waals surface area contributed by atoms with Crippen LogP contribution in [0.3, 0.4) is 0 Å². The van der Waals surface area contributed by atoms with Gasteiger partial charge in [0.1, 0.15) is 17.8 Å². The zero-order valence-corrected chi connectivity index (χ0v) is 17.5. The lowest BCUT2D eigenvalue weighted by molar-refractivity contribution is -0.128. The standard InChI is InChI=1S/C18H22ClFN4O4S/c1-27-17(29)21-10-13-11-24(18(26)28-13)12-2-3-15(14(20)8-12)22-4-6-23(7-5-22)16(25)9-19/h2-3,8,13H,4-7,9-11H2,1H3,(H,21,29)/t13-/m0/s1. The van der Waals surface area contributed by atoms with Gasteiger partial charge >= 0.3 is 6.09 Å². The number of carbonyl (C=O) groups excluding carboxylic acids is 2. The van der Waals surface area contributed by atoms with Gasteiger partial charge in [0.2, 0.25) is 5.91 Å². The number of amides is 2. The van der Waals surface area contributed by atoms with E-state index in [1.165, 1.54) is 18.1 Å². The quantitative estimate of drug-likeness (QED) is 0.545. The van der Waals surface area contributed by atoms with E-state index >= 15 is 0 Å². The second kappa shape index (κ2) is 9.45. The number of anilines is 2. The fraction of sp³-hybridized carbons (Fsp3) is 0.500. The summed E-state index contributed by atoms with van der Waals surface area (Å²) in [6.45, 7) is 2.58. The molecule has 0 radical (unpaired) electrons. The van der Waals surface area contributed by atoms with E-state index in [9.17, 15) is 14.0 Å². The van der Waals surface area contributed by atoms with Crippen LogP contribution < -0.4 is 15.1 Å². The number of halogens is 2. The lowest BCUT2D eigenvalue weighted by Crippen LogP contribution is -2.49. The van der Waals surface area contributed by atoms with Crippen molar-refractivity contribution in [3.05, 3.63) is 24.0 Å². The van der Waals surface area contributed by atoms with Crippen LogP contribution in [0.2, 0.25) is 0 Å². The molecule has 29 heavy (non-hydrogen) atoms. The molecular formula is C18H22ClFN4O4S. The third kappa shape index (κ3) is 4.99. The van der Waals surface area contributed by atoms with Crippen LogP contribution in [0.15, 0.2) is 18.2 Å². The smallest absolute Gasteiger partial charge is 0.414 e. The molecule has 1 aromatic rings. The molecule has 0 saturated carbocycles. The molecule has 2 aliphatic rings. The van der Waals surface area contributed by atoms with Crippen LogP contribution in [-0.2, 0) is 14.3 Å². The highest BCUT2D eigenvalue weighted by molar-refractivity contribution is 7.80. The van der Waals surface area contributed by atoms with Crippen molar-refractivity contribution in [2.45, 2.75) is 6.10 Å². The molecular weight excluding hydrogens is 423 g/mol. The Morgan fingerprint density at radius 2 is 2.10 bits per heavy atom. The molecule has 1 N–H and O–H groups in total. The van der Waals surface area contributed by atoms with Crippen molar-refractivity contribution < 1.29 is 23.5 Å². The van der Waals surface area contributed by atoms with Gasteiger partial charge in [-0.1, -0.05) is 0 Å². The largest absolute Gasteiger partial charge is 0.474 e. The van der Waals surface area contributed by atoms with Gasteiger partial charge in [-0.2, -0.15) is 0 Å². The molecule has 0 spiro atoms. The number of alkyl halides is 1. The first-order valence-electron chi connectivity index (χ1n) is 9.11. The van der Waals surface area contributed by atoms with Crippen molar-refractivity contribution in [2.24, 2.45) is 0 Å². The molecule has 2 saturated heterocycles. The van der Waals surface area contributed by atoms with E-state index in [0.717, 1.165) is 0 Å². The van der Waals surface area contributed by atoms with Crippen LogP contribution in [0.4, 0.5) is 20.6 Å². The molecule has 2 aliphatic heterocycles. The van der Waals surface area contributed by atoms with E-state index in [0.29, 0.717) is 44.1 Å². The highest BCUT2D eigenvalue weighted by Crippen LogP contribution is 2.28. The second-order valence-electron chi connectivity index (χ2n) is 6.63. The Balaban J connectivity index is 1.62.